The molecule has 0 atom stereocenters. The summed E-state index contributed by atoms with van der Waals surface area (Å²) in [6.45, 7) is 5.02. The molecular formula is C21H20N2O4S2. The van der Waals surface area contributed by atoms with Crippen molar-refractivity contribution >= 4 is 45.3 Å². The van der Waals surface area contributed by atoms with Gasteiger partial charge in [-0.2, -0.15) is 0 Å². The van der Waals surface area contributed by atoms with E-state index in [9.17, 15) is 14.4 Å². The number of rotatable bonds is 7. The van der Waals surface area contributed by atoms with Gasteiger partial charge in [0.1, 0.15) is 10.0 Å². The number of carbonyl (C=O) groups excluding carboxylic acids is 3. The van der Waals surface area contributed by atoms with E-state index in [0.29, 0.717) is 21.1 Å². The number of amides is 1. The number of anilines is 1. The Morgan fingerprint density at radius 2 is 1.90 bits per heavy atom. The van der Waals surface area contributed by atoms with Crippen molar-refractivity contribution in [3.63, 3.8) is 0 Å². The monoisotopic (exact) mass is 428 g/mol. The Morgan fingerprint density at radius 1 is 1.17 bits per heavy atom. The number of benzene rings is 1. The van der Waals surface area contributed by atoms with E-state index in [0.717, 1.165) is 21.9 Å². The van der Waals surface area contributed by atoms with Crippen molar-refractivity contribution in [2.75, 3.05) is 11.9 Å². The Balaban J connectivity index is 1.78. The molecule has 1 N–H and O–H groups in total. The Hall–Kier alpha value is -2.84. The van der Waals surface area contributed by atoms with Crippen LogP contribution in [0.2, 0.25) is 0 Å². The lowest BCUT2D eigenvalue weighted by Crippen LogP contribution is -2.16. The van der Waals surface area contributed by atoms with Crippen LogP contribution in [0.5, 0.6) is 0 Å². The van der Waals surface area contributed by atoms with E-state index in [1.165, 1.54) is 18.3 Å². The summed E-state index contributed by atoms with van der Waals surface area (Å²) in [5.41, 5.74) is 2.40. The van der Waals surface area contributed by atoms with Gasteiger partial charge in [0.2, 0.25) is 5.91 Å². The molecule has 6 nitrogen and oxygen atoms in total. The summed E-state index contributed by atoms with van der Waals surface area (Å²) in [7, 11) is 0. The number of esters is 1. The van der Waals surface area contributed by atoms with Gasteiger partial charge in [0.25, 0.3) is 0 Å². The van der Waals surface area contributed by atoms with Gasteiger partial charge in [-0.3, -0.25) is 9.59 Å². The van der Waals surface area contributed by atoms with E-state index in [2.05, 4.69) is 10.3 Å². The molecule has 0 aliphatic rings. The van der Waals surface area contributed by atoms with Crippen LogP contribution in [-0.2, 0) is 16.0 Å². The molecule has 150 valence electrons. The molecule has 0 saturated carbocycles. The molecule has 0 unspecified atom stereocenters. The third-order valence-corrected chi connectivity index (χ3v) is 6.36. The van der Waals surface area contributed by atoms with E-state index < -0.39 is 5.97 Å². The highest BCUT2D eigenvalue weighted by Gasteiger charge is 2.25. The molecule has 8 heteroatoms. The van der Waals surface area contributed by atoms with Crippen molar-refractivity contribution in [2.45, 2.75) is 27.2 Å². The van der Waals surface area contributed by atoms with Crippen LogP contribution in [0.4, 0.5) is 5.00 Å². The Labute approximate surface area is 176 Å². The average Bonchev–Trinajstić information content (AvgIpc) is 3.27. The van der Waals surface area contributed by atoms with Crippen LogP contribution >= 0.6 is 22.7 Å². The number of ether oxygens (including phenoxy) is 1. The lowest BCUT2D eigenvalue weighted by Gasteiger charge is -2.06. The van der Waals surface area contributed by atoms with Gasteiger partial charge >= 0.3 is 5.97 Å². The van der Waals surface area contributed by atoms with Gasteiger partial charge in [0.05, 0.1) is 29.2 Å². The number of thiazole rings is 1. The first-order chi connectivity index (χ1) is 13.9. The zero-order valence-corrected chi connectivity index (χ0v) is 17.9. The van der Waals surface area contributed by atoms with E-state index in [1.807, 2.05) is 35.7 Å². The molecule has 2 heterocycles. The van der Waals surface area contributed by atoms with Gasteiger partial charge in [-0.15, -0.1) is 22.7 Å². The number of ketones is 1. The second-order valence-corrected chi connectivity index (χ2v) is 8.15. The molecule has 0 aliphatic carbocycles. The van der Waals surface area contributed by atoms with Crippen molar-refractivity contribution in [1.29, 1.82) is 0 Å². The van der Waals surface area contributed by atoms with Gasteiger partial charge in [-0.25, -0.2) is 9.78 Å². The summed E-state index contributed by atoms with van der Waals surface area (Å²) in [5, 5.41) is 5.76. The molecule has 0 saturated heterocycles. The summed E-state index contributed by atoms with van der Waals surface area (Å²) in [5.74, 6) is -1.02. The maximum Gasteiger partial charge on any atom is 0.341 e. The fraction of sp³-hybridized carbons (Fsp3) is 0.238. The minimum atomic E-state index is -0.552. The van der Waals surface area contributed by atoms with Crippen LogP contribution in [0.25, 0.3) is 10.6 Å². The summed E-state index contributed by atoms with van der Waals surface area (Å²) in [4.78, 5) is 41.7. The Bertz CT molecular complexity index is 1050. The maximum atomic E-state index is 12.6. The van der Waals surface area contributed by atoms with Gasteiger partial charge in [-0.05, 0) is 26.3 Å². The topological polar surface area (TPSA) is 85.4 Å². The molecule has 0 radical (unpaired) electrons. The van der Waals surface area contributed by atoms with Gasteiger partial charge in [-0.1, -0.05) is 30.3 Å². The minimum Gasteiger partial charge on any atom is -0.462 e. The lowest BCUT2D eigenvalue weighted by molar-refractivity contribution is -0.115. The zero-order chi connectivity index (χ0) is 21.0. The molecule has 0 fully saturated rings. The van der Waals surface area contributed by atoms with Crippen molar-refractivity contribution in [2.24, 2.45) is 0 Å². The van der Waals surface area contributed by atoms with Crippen LogP contribution in [0.15, 0.2) is 35.7 Å². The van der Waals surface area contributed by atoms with Gasteiger partial charge in [0, 0.05) is 10.9 Å². The normalized spacial score (nSPS) is 10.6. The van der Waals surface area contributed by atoms with Crippen molar-refractivity contribution in [3.05, 3.63) is 57.4 Å². The second kappa shape index (κ2) is 9.11. The van der Waals surface area contributed by atoms with E-state index in [-0.39, 0.29) is 30.3 Å². The third kappa shape index (κ3) is 4.78. The molecule has 2 aromatic heterocycles. The number of thiophene rings is 1. The Morgan fingerprint density at radius 3 is 2.55 bits per heavy atom. The predicted molar refractivity (Wildman–Crippen MR) is 115 cm³/mol. The first-order valence-electron chi connectivity index (χ1n) is 9.01. The molecule has 1 amide bonds. The minimum absolute atomic E-state index is 0.0674. The fourth-order valence-electron chi connectivity index (χ4n) is 2.82. The SMILES string of the molecule is CCOC(=O)c1c(NC(=O)Cc2csc(-c3ccccc3)n2)sc(C(C)=O)c1C. The van der Waals surface area contributed by atoms with E-state index >= 15 is 0 Å². The van der Waals surface area contributed by atoms with Crippen molar-refractivity contribution in [1.82, 2.24) is 4.98 Å². The molecule has 3 rings (SSSR count). The number of hydrogen-bond acceptors (Lipinski definition) is 7. The van der Waals surface area contributed by atoms with Crippen LogP contribution < -0.4 is 5.32 Å². The predicted octanol–water partition coefficient (Wildman–Crippen LogP) is 4.74. The number of carbonyl (C=O) groups is 3. The number of Topliss-reactive ketones (excluding diaryl/α,β-unsaturated/α-hetero) is 1. The highest BCUT2D eigenvalue weighted by Crippen LogP contribution is 2.34. The largest absolute Gasteiger partial charge is 0.462 e. The van der Waals surface area contributed by atoms with Crippen LogP contribution in [-0.4, -0.2) is 29.3 Å². The Kier molecular flexibility index (Phi) is 6.56. The smallest absolute Gasteiger partial charge is 0.341 e. The van der Waals surface area contributed by atoms with Gasteiger partial charge < -0.3 is 10.1 Å². The van der Waals surface area contributed by atoms with Crippen LogP contribution in [0.3, 0.4) is 0 Å². The number of nitrogens with zero attached hydrogens (tertiary/aromatic N) is 1. The maximum absolute atomic E-state index is 12.6. The summed E-state index contributed by atoms with van der Waals surface area (Å²) >= 11 is 2.56. The standard InChI is InChI=1S/C21H20N2O4S2/c1-4-27-21(26)17-12(2)18(13(3)24)29-20(17)23-16(25)10-15-11-28-19(22-15)14-8-6-5-7-9-14/h5-9,11H,4,10H2,1-3H3,(H,23,25). The molecule has 3 aromatic rings. The summed E-state index contributed by atoms with van der Waals surface area (Å²) < 4.78 is 5.09. The summed E-state index contributed by atoms with van der Waals surface area (Å²) in [6.07, 6.45) is 0.0674. The second-order valence-electron chi connectivity index (χ2n) is 6.27. The highest BCUT2D eigenvalue weighted by atomic mass is 32.1. The first kappa shape index (κ1) is 20.9. The molecule has 0 spiro atoms. The number of aromatic nitrogens is 1. The fourth-order valence-corrected chi connectivity index (χ4v) is 4.76. The number of nitrogens with one attached hydrogen (secondary N) is 1. The molecule has 1 aromatic carbocycles. The molecule has 0 bridgehead atoms. The molecule has 29 heavy (non-hydrogen) atoms. The van der Waals surface area contributed by atoms with E-state index in [4.69, 9.17) is 4.74 Å². The first-order valence-corrected chi connectivity index (χ1v) is 10.7. The van der Waals surface area contributed by atoms with Gasteiger partial charge in [0.15, 0.2) is 5.78 Å². The zero-order valence-electron chi connectivity index (χ0n) is 16.3. The van der Waals surface area contributed by atoms with E-state index in [1.54, 1.807) is 13.8 Å². The summed E-state index contributed by atoms with van der Waals surface area (Å²) in [6, 6.07) is 9.74. The van der Waals surface area contributed by atoms with Crippen LogP contribution in [0, 0.1) is 6.92 Å². The molecule has 0 aliphatic heterocycles. The van der Waals surface area contributed by atoms with Crippen molar-refractivity contribution < 1.29 is 19.1 Å². The van der Waals surface area contributed by atoms with Crippen LogP contribution in [0.1, 0.15) is 45.1 Å². The quantitative estimate of drug-likeness (QED) is 0.434. The van der Waals surface area contributed by atoms with Crippen molar-refractivity contribution in [3.8, 4) is 10.6 Å². The third-order valence-electron chi connectivity index (χ3n) is 4.11. The average molecular weight is 429 g/mol. The lowest BCUT2D eigenvalue weighted by atomic mass is 10.1. The number of hydrogen-bond donors (Lipinski definition) is 1. The highest BCUT2D eigenvalue weighted by molar-refractivity contribution is 7.18. The molecular weight excluding hydrogens is 408 g/mol.